The highest BCUT2D eigenvalue weighted by Gasteiger charge is 2.38. The van der Waals surface area contributed by atoms with Gasteiger partial charge in [-0.05, 0) is 19.3 Å². The molecule has 2 aliphatic heterocycles. The van der Waals surface area contributed by atoms with Gasteiger partial charge in [-0.15, -0.1) is 10.2 Å². The lowest BCUT2D eigenvalue weighted by Gasteiger charge is -2.47. The summed E-state index contributed by atoms with van der Waals surface area (Å²) in [7, 11) is 0. The Morgan fingerprint density at radius 1 is 1.16 bits per heavy atom. The monoisotopic (exact) mass is 447 g/mol. The fourth-order valence-corrected chi connectivity index (χ4v) is 5.24. The Balaban J connectivity index is 1.40. The van der Waals surface area contributed by atoms with Crippen LogP contribution in [0.15, 0.2) is 11.3 Å². The van der Waals surface area contributed by atoms with Crippen molar-refractivity contribution in [3.63, 3.8) is 0 Å². The molecule has 0 amide bonds. The standard InChI is InChI=1S/C23H41N7O2/c1-2-21-28-27-19-29(21)10-9-24-22(25-16-20-6-13-32-17-20)26-18-23(7-4-3-5-8-23)30-11-14-31-15-12-30/h19-20H,2-18H2,1H3,(H2,24,25,26). The van der Waals surface area contributed by atoms with Gasteiger partial charge in [-0.3, -0.25) is 9.89 Å². The smallest absolute Gasteiger partial charge is 0.191 e. The first-order chi connectivity index (χ1) is 15.8. The Kier molecular flexibility index (Phi) is 8.76. The third-order valence-electron chi connectivity index (χ3n) is 7.24. The zero-order valence-electron chi connectivity index (χ0n) is 19.7. The van der Waals surface area contributed by atoms with Crippen molar-refractivity contribution in [2.45, 2.75) is 64.0 Å². The van der Waals surface area contributed by atoms with E-state index in [1.807, 2.05) is 6.33 Å². The maximum absolute atomic E-state index is 5.64. The Morgan fingerprint density at radius 3 is 2.75 bits per heavy atom. The van der Waals surface area contributed by atoms with Gasteiger partial charge in [0.2, 0.25) is 0 Å². The number of aliphatic imine (C=N–C) groups is 1. The van der Waals surface area contributed by atoms with Crippen molar-refractivity contribution >= 4 is 5.96 Å². The molecule has 3 aliphatic rings. The molecule has 2 N–H and O–H groups in total. The Labute approximate surface area is 192 Å². The second-order valence-corrected chi connectivity index (χ2v) is 9.38. The van der Waals surface area contributed by atoms with Crippen molar-refractivity contribution in [1.82, 2.24) is 30.3 Å². The molecule has 0 bridgehead atoms. The number of guanidine groups is 1. The zero-order valence-corrected chi connectivity index (χ0v) is 19.7. The first-order valence-corrected chi connectivity index (χ1v) is 12.6. The highest BCUT2D eigenvalue weighted by Crippen LogP contribution is 2.34. The Hall–Kier alpha value is -1.71. The molecule has 0 aromatic carbocycles. The molecule has 9 nitrogen and oxygen atoms in total. The predicted molar refractivity (Wildman–Crippen MR) is 125 cm³/mol. The molecule has 0 spiro atoms. The van der Waals surface area contributed by atoms with E-state index in [9.17, 15) is 0 Å². The molecule has 1 unspecified atom stereocenters. The normalized spacial score (nSPS) is 24.5. The van der Waals surface area contributed by atoms with Crippen LogP contribution in [-0.4, -0.2) is 90.3 Å². The lowest BCUT2D eigenvalue weighted by atomic mass is 9.80. The molecule has 32 heavy (non-hydrogen) atoms. The van der Waals surface area contributed by atoms with Gasteiger partial charge in [0.1, 0.15) is 12.2 Å². The Morgan fingerprint density at radius 2 is 2.00 bits per heavy atom. The number of rotatable bonds is 9. The number of ether oxygens (including phenoxy) is 2. The molecule has 1 aromatic rings. The van der Waals surface area contributed by atoms with E-state index in [0.717, 1.165) is 90.3 Å². The fraction of sp³-hybridized carbons (Fsp3) is 0.870. The third kappa shape index (κ3) is 6.20. The number of hydrogen-bond acceptors (Lipinski definition) is 6. The zero-order chi connectivity index (χ0) is 22.1. The maximum Gasteiger partial charge on any atom is 0.191 e. The molecular formula is C23H41N7O2. The minimum absolute atomic E-state index is 0.177. The molecule has 9 heteroatoms. The SMILES string of the molecule is CCc1nncn1CCNC(=NCC1(N2CCOCC2)CCCCC1)NCC1CCOC1. The fourth-order valence-electron chi connectivity index (χ4n) is 5.24. The summed E-state index contributed by atoms with van der Waals surface area (Å²) in [5, 5.41) is 15.4. The predicted octanol–water partition coefficient (Wildman–Crippen LogP) is 1.45. The summed E-state index contributed by atoms with van der Waals surface area (Å²) in [5.41, 5.74) is 0.177. The summed E-state index contributed by atoms with van der Waals surface area (Å²) in [6.07, 6.45) is 10.3. The summed E-state index contributed by atoms with van der Waals surface area (Å²) >= 11 is 0. The van der Waals surface area contributed by atoms with Crippen LogP contribution in [0.5, 0.6) is 0 Å². The number of hydrogen-bond donors (Lipinski definition) is 2. The molecular weight excluding hydrogens is 406 g/mol. The lowest BCUT2D eigenvalue weighted by molar-refractivity contribution is -0.0333. The van der Waals surface area contributed by atoms with Crippen molar-refractivity contribution in [3.8, 4) is 0 Å². The van der Waals surface area contributed by atoms with Crippen LogP contribution in [0.3, 0.4) is 0 Å². The van der Waals surface area contributed by atoms with E-state index in [-0.39, 0.29) is 5.54 Å². The van der Waals surface area contributed by atoms with E-state index in [1.165, 1.54) is 32.1 Å². The quantitative estimate of drug-likeness (QED) is 0.437. The lowest BCUT2D eigenvalue weighted by Crippen LogP contribution is -2.56. The summed E-state index contributed by atoms with van der Waals surface area (Å²) in [5.74, 6) is 2.51. The van der Waals surface area contributed by atoms with Crippen molar-refractivity contribution in [2.24, 2.45) is 10.9 Å². The van der Waals surface area contributed by atoms with E-state index in [1.54, 1.807) is 0 Å². The van der Waals surface area contributed by atoms with Crippen molar-refractivity contribution in [2.75, 3.05) is 59.2 Å². The van der Waals surface area contributed by atoms with Crippen LogP contribution in [0.1, 0.15) is 51.3 Å². The van der Waals surface area contributed by atoms with Gasteiger partial charge >= 0.3 is 0 Å². The van der Waals surface area contributed by atoms with Crippen LogP contribution in [-0.2, 0) is 22.4 Å². The van der Waals surface area contributed by atoms with Gasteiger partial charge in [0, 0.05) is 57.2 Å². The molecule has 180 valence electrons. The summed E-state index contributed by atoms with van der Waals surface area (Å²) in [6.45, 7) is 10.9. The summed E-state index contributed by atoms with van der Waals surface area (Å²) in [4.78, 5) is 7.81. The van der Waals surface area contributed by atoms with Crippen LogP contribution in [0.2, 0.25) is 0 Å². The molecule has 1 aliphatic carbocycles. The van der Waals surface area contributed by atoms with Gasteiger partial charge in [0.15, 0.2) is 5.96 Å². The highest BCUT2D eigenvalue weighted by molar-refractivity contribution is 5.79. The van der Waals surface area contributed by atoms with Crippen LogP contribution in [0, 0.1) is 5.92 Å². The first-order valence-electron chi connectivity index (χ1n) is 12.6. The third-order valence-corrected chi connectivity index (χ3v) is 7.24. The van der Waals surface area contributed by atoms with Gasteiger partial charge < -0.3 is 24.7 Å². The number of nitrogens with one attached hydrogen (secondary N) is 2. The van der Waals surface area contributed by atoms with Crippen LogP contribution in [0.4, 0.5) is 0 Å². The van der Waals surface area contributed by atoms with E-state index >= 15 is 0 Å². The molecule has 0 radical (unpaired) electrons. The van der Waals surface area contributed by atoms with Crippen molar-refractivity contribution < 1.29 is 9.47 Å². The highest BCUT2D eigenvalue weighted by atomic mass is 16.5. The van der Waals surface area contributed by atoms with Gasteiger partial charge in [0.25, 0.3) is 0 Å². The van der Waals surface area contributed by atoms with E-state index < -0.39 is 0 Å². The van der Waals surface area contributed by atoms with Crippen LogP contribution in [0.25, 0.3) is 0 Å². The van der Waals surface area contributed by atoms with Crippen molar-refractivity contribution in [1.29, 1.82) is 0 Å². The van der Waals surface area contributed by atoms with Crippen LogP contribution >= 0.6 is 0 Å². The van der Waals surface area contributed by atoms with E-state index in [2.05, 4.69) is 37.2 Å². The van der Waals surface area contributed by atoms with Gasteiger partial charge in [-0.1, -0.05) is 26.2 Å². The first kappa shape index (κ1) is 23.4. The summed E-state index contributed by atoms with van der Waals surface area (Å²) < 4.78 is 13.3. The molecule has 1 atom stereocenters. The van der Waals surface area contributed by atoms with Crippen molar-refractivity contribution in [3.05, 3.63) is 12.2 Å². The number of aryl methyl sites for hydroxylation is 1. The van der Waals surface area contributed by atoms with Gasteiger partial charge in [-0.2, -0.15) is 0 Å². The van der Waals surface area contributed by atoms with E-state index in [0.29, 0.717) is 5.92 Å². The molecule has 1 aromatic heterocycles. The molecule has 2 saturated heterocycles. The molecule has 1 saturated carbocycles. The number of morpholine rings is 1. The van der Waals surface area contributed by atoms with Gasteiger partial charge in [0.05, 0.1) is 26.4 Å². The minimum atomic E-state index is 0.177. The second-order valence-electron chi connectivity index (χ2n) is 9.38. The Bertz CT molecular complexity index is 705. The maximum atomic E-state index is 5.64. The summed E-state index contributed by atoms with van der Waals surface area (Å²) in [6, 6.07) is 0. The topological polar surface area (TPSA) is 88.8 Å². The number of aromatic nitrogens is 3. The van der Waals surface area contributed by atoms with Gasteiger partial charge in [-0.25, -0.2) is 0 Å². The number of nitrogens with zero attached hydrogens (tertiary/aromatic N) is 5. The minimum Gasteiger partial charge on any atom is -0.381 e. The average Bonchev–Trinajstić information content (AvgIpc) is 3.53. The molecule has 4 rings (SSSR count). The van der Waals surface area contributed by atoms with Crippen LogP contribution < -0.4 is 10.6 Å². The second kappa shape index (κ2) is 12.0. The molecule has 3 heterocycles. The van der Waals surface area contributed by atoms with E-state index in [4.69, 9.17) is 14.5 Å². The molecule has 3 fully saturated rings. The largest absolute Gasteiger partial charge is 0.381 e. The average molecular weight is 448 g/mol.